The fraction of sp³-hybridized carbons (Fsp3) is 0.167. The molecule has 126 valence electrons. The average Bonchev–Trinajstić information content (AvgIpc) is 2.56. The average molecular weight is 344 g/mol. The summed E-state index contributed by atoms with van der Waals surface area (Å²) in [5.41, 5.74) is 1.85. The van der Waals surface area contributed by atoms with Crippen molar-refractivity contribution in [3.05, 3.63) is 65.7 Å². The molecule has 0 aliphatic heterocycles. The second-order valence-electron chi connectivity index (χ2n) is 5.06. The molecule has 2 aromatic carbocycles. The summed E-state index contributed by atoms with van der Waals surface area (Å²) < 4.78 is 29.6. The lowest BCUT2D eigenvalue weighted by molar-refractivity contribution is 0.340. The van der Waals surface area contributed by atoms with Crippen molar-refractivity contribution in [3.63, 3.8) is 0 Å². The molecule has 2 aromatic rings. The van der Waals surface area contributed by atoms with Crippen molar-refractivity contribution in [1.82, 2.24) is 4.83 Å². The summed E-state index contributed by atoms with van der Waals surface area (Å²) in [4.78, 5) is 2.34. The molecule has 0 heterocycles. The summed E-state index contributed by atoms with van der Waals surface area (Å²) >= 11 is 0. The molecule has 0 amide bonds. The Hall–Kier alpha value is -2.60. The van der Waals surface area contributed by atoms with Crippen LogP contribution in [0.5, 0.6) is 5.75 Å². The van der Waals surface area contributed by atoms with Gasteiger partial charge in [0.2, 0.25) is 0 Å². The molecular formula is C18H20N2O3S. The maximum Gasteiger partial charge on any atom is 0.276 e. The standard InChI is InChI=1S/C18H20N2O3S/c1-3-23-17-9-11-18(12-10-17)24(21,22)20-19-14-15(2)13-16-7-5-4-6-8-16/h4-14,20H,3H2,1-2H3/b15-13+,19-14-. The minimum absolute atomic E-state index is 0.132. The van der Waals surface area contributed by atoms with Crippen LogP contribution in [0.4, 0.5) is 0 Å². The van der Waals surface area contributed by atoms with Crippen LogP contribution < -0.4 is 9.57 Å². The van der Waals surface area contributed by atoms with Gasteiger partial charge in [0.15, 0.2) is 0 Å². The number of rotatable bonds is 7. The molecule has 0 radical (unpaired) electrons. The first kappa shape index (κ1) is 17.7. The van der Waals surface area contributed by atoms with Gasteiger partial charge in [-0.15, -0.1) is 0 Å². The van der Waals surface area contributed by atoms with Crippen LogP contribution in [-0.4, -0.2) is 21.2 Å². The van der Waals surface area contributed by atoms with E-state index >= 15 is 0 Å². The van der Waals surface area contributed by atoms with Crippen LogP contribution >= 0.6 is 0 Å². The Morgan fingerprint density at radius 3 is 2.42 bits per heavy atom. The van der Waals surface area contributed by atoms with Gasteiger partial charge in [0.1, 0.15) is 5.75 Å². The van der Waals surface area contributed by atoms with E-state index in [0.29, 0.717) is 12.4 Å². The van der Waals surface area contributed by atoms with Crippen molar-refractivity contribution in [2.45, 2.75) is 18.7 Å². The lowest BCUT2D eigenvalue weighted by Crippen LogP contribution is -2.18. The molecule has 0 bridgehead atoms. The minimum atomic E-state index is -3.69. The van der Waals surface area contributed by atoms with E-state index in [1.165, 1.54) is 18.3 Å². The molecule has 0 unspecified atom stereocenters. The van der Waals surface area contributed by atoms with Gasteiger partial charge in [0.05, 0.1) is 17.7 Å². The van der Waals surface area contributed by atoms with Crippen molar-refractivity contribution in [3.8, 4) is 5.75 Å². The first-order valence-corrected chi connectivity index (χ1v) is 9.00. The van der Waals surface area contributed by atoms with Gasteiger partial charge in [0, 0.05) is 0 Å². The quantitative estimate of drug-likeness (QED) is 0.618. The normalized spacial score (nSPS) is 12.3. The van der Waals surface area contributed by atoms with Crippen LogP contribution in [0.15, 0.2) is 70.2 Å². The highest BCUT2D eigenvalue weighted by molar-refractivity contribution is 7.89. The first-order chi connectivity index (χ1) is 11.5. The van der Waals surface area contributed by atoms with Gasteiger partial charge in [-0.05, 0) is 49.2 Å². The molecule has 24 heavy (non-hydrogen) atoms. The Kier molecular flexibility index (Phi) is 6.14. The number of allylic oxidation sites excluding steroid dienone is 1. The highest BCUT2D eigenvalue weighted by Gasteiger charge is 2.12. The smallest absolute Gasteiger partial charge is 0.276 e. The van der Waals surface area contributed by atoms with E-state index < -0.39 is 10.0 Å². The summed E-state index contributed by atoms with van der Waals surface area (Å²) in [5, 5.41) is 3.81. The molecule has 0 aliphatic rings. The Morgan fingerprint density at radius 1 is 1.12 bits per heavy atom. The summed E-state index contributed by atoms with van der Waals surface area (Å²) in [5.74, 6) is 0.626. The van der Waals surface area contributed by atoms with Crippen LogP contribution in [0.25, 0.3) is 6.08 Å². The molecular weight excluding hydrogens is 324 g/mol. The van der Waals surface area contributed by atoms with Gasteiger partial charge in [-0.1, -0.05) is 36.4 Å². The number of nitrogens with one attached hydrogen (secondary N) is 1. The fourth-order valence-corrected chi connectivity index (χ4v) is 2.77. The molecule has 0 spiro atoms. The van der Waals surface area contributed by atoms with Crippen molar-refractivity contribution < 1.29 is 13.2 Å². The molecule has 0 saturated heterocycles. The van der Waals surface area contributed by atoms with E-state index in [2.05, 4.69) is 9.93 Å². The van der Waals surface area contributed by atoms with Gasteiger partial charge in [-0.25, -0.2) is 4.83 Å². The van der Waals surface area contributed by atoms with Gasteiger partial charge in [-0.3, -0.25) is 0 Å². The second-order valence-corrected chi connectivity index (χ2v) is 6.72. The maximum atomic E-state index is 12.2. The largest absolute Gasteiger partial charge is 0.494 e. The molecule has 6 heteroatoms. The lowest BCUT2D eigenvalue weighted by Gasteiger charge is -2.05. The third-order valence-corrected chi connectivity index (χ3v) is 4.32. The SMILES string of the molecule is CCOc1ccc(S(=O)(=O)N/N=C\C(C)=C\c2ccccc2)cc1. The molecule has 5 nitrogen and oxygen atoms in total. The Labute approximate surface area is 142 Å². The maximum absolute atomic E-state index is 12.2. The predicted octanol–water partition coefficient (Wildman–Crippen LogP) is 3.45. The van der Waals surface area contributed by atoms with E-state index in [9.17, 15) is 8.42 Å². The lowest BCUT2D eigenvalue weighted by atomic mass is 10.1. The topological polar surface area (TPSA) is 67.8 Å². The van der Waals surface area contributed by atoms with Gasteiger partial charge in [0.25, 0.3) is 10.0 Å². The number of ether oxygens (including phenoxy) is 1. The highest BCUT2D eigenvalue weighted by Crippen LogP contribution is 2.15. The number of benzene rings is 2. The summed E-state index contributed by atoms with van der Waals surface area (Å²) in [6.45, 7) is 4.25. The van der Waals surface area contributed by atoms with Crippen molar-refractivity contribution in [2.75, 3.05) is 6.61 Å². The van der Waals surface area contributed by atoms with E-state index in [1.54, 1.807) is 12.1 Å². The Morgan fingerprint density at radius 2 is 1.79 bits per heavy atom. The Bertz CT molecular complexity index is 811. The van der Waals surface area contributed by atoms with Crippen molar-refractivity contribution in [2.24, 2.45) is 5.10 Å². The number of hydrazone groups is 1. The van der Waals surface area contributed by atoms with Crippen LogP contribution in [-0.2, 0) is 10.0 Å². The zero-order chi connectivity index (χ0) is 17.4. The zero-order valence-corrected chi connectivity index (χ0v) is 14.5. The number of hydrogen-bond acceptors (Lipinski definition) is 4. The predicted molar refractivity (Wildman–Crippen MR) is 96.5 cm³/mol. The molecule has 2 rings (SSSR count). The van der Waals surface area contributed by atoms with Crippen molar-refractivity contribution >= 4 is 22.3 Å². The van der Waals surface area contributed by atoms with E-state index in [1.807, 2.05) is 50.3 Å². The van der Waals surface area contributed by atoms with Gasteiger partial charge < -0.3 is 4.74 Å². The summed E-state index contributed by atoms with van der Waals surface area (Å²) in [6, 6.07) is 15.9. The molecule has 0 atom stereocenters. The minimum Gasteiger partial charge on any atom is -0.494 e. The van der Waals surface area contributed by atoms with Gasteiger partial charge >= 0.3 is 0 Å². The molecule has 0 saturated carbocycles. The van der Waals surface area contributed by atoms with Crippen LogP contribution in [0.3, 0.4) is 0 Å². The van der Waals surface area contributed by atoms with Crippen LogP contribution in [0.1, 0.15) is 19.4 Å². The first-order valence-electron chi connectivity index (χ1n) is 7.52. The van der Waals surface area contributed by atoms with E-state index in [-0.39, 0.29) is 4.90 Å². The molecule has 0 aliphatic carbocycles. The van der Waals surface area contributed by atoms with E-state index in [0.717, 1.165) is 11.1 Å². The summed E-state index contributed by atoms with van der Waals surface area (Å²) in [6.07, 6.45) is 3.38. The van der Waals surface area contributed by atoms with Crippen LogP contribution in [0, 0.1) is 0 Å². The highest BCUT2D eigenvalue weighted by atomic mass is 32.2. The van der Waals surface area contributed by atoms with Gasteiger partial charge in [-0.2, -0.15) is 13.5 Å². The zero-order valence-electron chi connectivity index (χ0n) is 13.6. The number of hydrogen-bond donors (Lipinski definition) is 1. The van der Waals surface area contributed by atoms with E-state index in [4.69, 9.17) is 4.74 Å². The van der Waals surface area contributed by atoms with Crippen LogP contribution in [0.2, 0.25) is 0 Å². The number of nitrogens with zero attached hydrogens (tertiary/aromatic N) is 1. The molecule has 1 N–H and O–H groups in total. The third kappa shape index (κ3) is 5.24. The second kappa shape index (κ2) is 8.31. The third-order valence-electron chi connectivity index (χ3n) is 3.08. The molecule has 0 aromatic heterocycles. The monoisotopic (exact) mass is 344 g/mol. The Balaban J connectivity index is 2.02. The fourth-order valence-electron chi connectivity index (χ4n) is 1.98. The molecule has 0 fully saturated rings. The summed E-state index contributed by atoms with van der Waals surface area (Å²) in [7, 11) is -3.69. The van der Waals surface area contributed by atoms with Crippen molar-refractivity contribution in [1.29, 1.82) is 0 Å². The number of sulfonamides is 1.